The fraction of sp³-hybridized carbons (Fsp3) is 0.643. The van der Waals surface area contributed by atoms with Crippen LogP contribution < -0.4 is 5.32 Å². The number of likely N-dealkylation sites (tertiary alicyclic amines) is 1. The van der Waals surface area contributed by atoms with Crippen molar-refractivity contribution in [1.29, 1.82) is 0 Å². The van der Waals surface area contributed by atoms with Crippen LogP contribution in [0.3, 0.4) is 0 Å². The zero-order valence-electron chi connectivity index (χ0n) is 12.3. The summed E-state index contributed by atoms with van der Waals surface area (Å²) < 4.78 is 0. The third kappa shape index (κ3) is 4.42. The van der Waals surface area contributed by atoms with Crippen molar-refractivity contribution >= 4 is 23.3 Å². The Hall–Kier alpha value is -1.63. The van der Waals surface area contributed by atoms with Gasteiger partial charge in [0.05, 0.1) is 6.04 Å². The fourth-order valence-electron chi connectivity index (χ4n) is 2.57. The first-order valence-corrected chi connectivity index (χ1v) is 8.03. The van der Waals surface area contributed by atoms with Crippen LogP contribution in [0.1, 0.15) is 42.9 Å². The molecule has 1 saturated heterocycles. The Morgan fingerprint density at radius 2 is 2.38 bits per heavy atom. The maximum absolute atomic E-state index is 12.3. The van der Waals surface area contributed by atoms with E-state index >= 15 is 0 Å². The first-order valence-electron chi connectivity index (χ1n) is 7.15. The summed E-state index contributed by atoms with van der Waals surface area (Å²) in [7, 11) is 0. The van der Waals surface area contributed by atoms with Crippen molar-refractivity contribution in [3.63, 3.8) is 0 Å². The number of carboxylic acids is 1. The van der Waals surface area contributed by atoms with Gasteiger partial charge >= 0.3 is 12.0 Å². The van der Waals surface area contributed by atoms with Gasteiger partial charge in [-0.3, -0.25) is 4.79 Å². The molecule has 2 rings (SSSR count). The number of carbonyl (C=O) groups excluding carboxylic acids is 1. The van der Waals surface area contributed by atoms with Crippen molar-refractivity contribution in [2.45, 2.75) is 39.2 Å². The molecular weight excluding hydrogens is 290 g/mol. The molecule has 2 N–H and O–H groups in total. The van der Waals surface area contributed by atoms with E-state index in [0.29, 0.717) is 13.1 Å². The van der Waals surface area contributed by atoms with Crippen molar-refractivity contribution in [2.75, 3.05) is 13.1 Å². The summed E-state index contributed by atoms with van der Waals surface area (Å²) in [6, 6.07) is -0.263. The maximum Gasteiger partial charge on any atom is 0.317 e. The average Bonchev–Trinajstić information content (AvgIpc) is 2.85. The van der Waals surface area contributed by atoms with Gasteiger partial charge in [0, 0.05) is 30.6 Å². The Morgan fingerprint density at radius 1 is 1.62 bits per heavy atom. The van der Waals surface area contributed by atoms with Crippen molar-refractivity contribution in [2.24, 2.45) is 5.92 Å². The number of nitrogens with one attached hydrogen (secondary N) is 1. The lowest BCUT2D eigenvalue weighted by Gasteiger charge is -2.32. The number of aliphatic carboxylic acids is 1. The molecule has 116 valence electrons. The Morgan fingerprint density at radius 3 is 3.00 bits per heavy atom. The number of rotatable bonds is 4. The summed E-state index contributed by atoms with van der Waals surface area (Å²) >= 11 is 1.53. The lowest BCUT2D eigenvalue weighted by Crippen LogP contribution is -2.46. The number of carbonyl (C=O) groups is 2. The van der Waals surface area contributed by atoms with Crippen LogP contribution in [0.25, 0.3) is 0 Å². The number of carboxylic acid groups (broad SMARTS) is 1. The second kappa shape index (κ2) is 6.89. The number of thiazole rings is 1. The van der Waals surface area contributed by atoms with Gasteiger partial charge in [0.25, 0.3) is 0 Å². The van der Waals surface area contributed by atoms with Crippen LogP contribution in [-0.2, 0) is 4.79 Å². The molecule has 1 aliphatic heterocycles. The van der Waals surface area contributed by atoms with E-state index in [4.69, 9.17) is 5.11 Å². The Labute approximate surface area is 128 Å². The number of aromatic nitrogens is 1. The zero-order chi connectivity index (χ0) is 15.4. The summed E-state index contributed by atoms with van der Waals surface area (Å²) in [5.41, 5.74) is 0.954. The Balaban J connectivity index is 1.89. The van der Waals surface area contributed by atoms with E-state index in [2.05, 4.69) is 10.3 Å². The van der Waals surface area contributed by atoms with Crippen LogP contribution in [0.15, 0.2) is 5.38 Å². The molecule has 6 nitrogen and oxygen atoms in total. The third-order valence-corrected chi connectivity index (χ3v) is 4.76. The van der Waals surface area contributed by atoms with Crippen LogP contribution in [0, 0.1) is 12.8 Å². The summed E-state index contributed by atoms with van der Waals surface area (Å²) in [4.78, 5) is 29.1. The van der Waals surface area contributed by atoms with E-state index in [0.717, 1.165) is 23.5 Å². The molecule has 1 aromatic rings. The molecule has 2 unspecified atom stereocenters. The highest BCUT2D eigenvalue weighted by molar-refractivity contribution is 7.09. The first kappa shape index (κ1) is 15.8. The number of nitrogens with zero attached hydrogens (tertiary/aromatic N) is 2. The van der Waals surface area contributed by atoms with E-state index in [1.54, 1.807) is 4.90 Å². The first-order chi connectivity index (χ1) is 9.95. The van der Waals surface area contributed by atoms with Gasteiger partial charge in [-0.25, -0.2) is 9.78 Å². The maximum atomic E-state index is 12.3. The number of piperidine rings is 1. The van der Waals surface area contributed by atoms with Crippen molar-refractivity contribution in [3.8, 4) is 0 Å². The number of urea groups is 1. The molecule has 0 aliphatic carbocycles. The van der Waals surface area contributed by atoms with Crippen LogP contribution in [0.4, 0.5) is 4.79 Å². The highest BCUT2D eigenvalue weighted by Gasteiger charge is 2.26. The zero-order valence-corrected chi connectivity index (χ0v) is 13.2. The van der Waals surface area contributed by atoms with E-state index in [1.807, 2.05) is 19.2 Å². The number of amides is 2. The van der Waals surface area contributed by atoms with Gasteiger partial charge in [-0.1, -0.05) is 0 Å². The minimum atomic E-state index is -0.797. The second-order valence-corrected chi connectivity index (χ2v) is 6.44. The van der Waals surface area contributed by atoms with Gasteiger partial charge in [0.1, 0.15) is 5.01 Å². The molecule has 0 spiro atoms. The smallest absolute Gasteiger partial charge is 0.317 e. The monoisotopic (exact) mass is 311 g/mol. The molecule has 7 heteroatoms. The van der Waals surface area contributed by atoms with E-state index in [9.17, 15) is 9.59 Å². The van der Waals surface area contributed by atoms with Crippen molar-refractivity contribution < 1.29 is 14.7 Å². The number of hydrogen-bond acceptors (Lipinski definition) is 4. The predicted octanol–water partition coefficient (Wildman–Crippen LogP) is 2.41. The van der Waals surface area contributed by atoms with Crippen molar-refractivity contribution in [3.05, 3.63) is 16.1 Å². The van der Waals surface area contributed by atoms with Gasteiger partial charge in [0.15, 0.2) is 0 Å². The highest BCUT2D eigenvalue weighted by Crippen LogP contribution is 2.21. The van der Waals surface area contributed by atoms with E-state index in [1.165, 1.54) is 11.3 Å². The molecule has 0 bridgehead atoms. The minimum Gasteiger partial charge on any atom is -0.481 e. The Bertz CT molecular complexity index is 517. The van der Waals surface area contributed by atoms with E-state index < -0.39 is 5.97 Å². The summed E-state index contributed by atoms with van der Waals surface area (Å²) in [5, 5.41) is 14.7. The molecule has 0 radical (unpaired) electrons. The number of aryl methyl sites for hydroxylation is 1. The molecule has 21 heavy (non-hydrogen) atoms. The Kier molecular flexibility index (Phi) is 5.17. The summed E-state index contributed by atoms with van der Waals surface area (Å²) in [5.74, 6) is -0.742. The van der Waals surface area contributed by atoms with Crippen LogP contribution in [0.2, 0.25) is 0 Å². The van der Waals surface area contributed by atoms with E-state index in [-0.39, 0.29) is 24.4 Å². The van der Waals surface area contributed by atoms with Gasteiger partial charge < -0.3 is 15.3 Å². The van der Waals surface area contributed by atoms with Gasteiger partial charge in [0.2, 0.25) is 0 Å². The second-order valence-electron chi connectivity index (χ2n) is 5.55. The summed E-state index contributed by atoms with van der Waals surface area (Å²) in [6.07, 6.45) is 1.86. The molecule has 0 saturated carbocycles. The normalized spacial score (nSPS) is 20.1. The van der Waals surface area contributed by atoms with Crippen LogP contribution in [0.5, 0.6) is 0 Å². The molecule has 1 fully saturated rings. The molecule has 1 aromatic heterocycles. The fourth-order valence-corrected chi connectivity index (χ4v) is 3.38. The molecular formula is C14H21N3O3S. The molecule has 2 atom stereocenters. The average molecular weight is 311 g/mol. The standard InChI is InChI=1S/C14H21N3O3S/c1-9-8-21-13(15-9)10(2)16-14(20)17-5-3-4-11(7-17)6-12(18)19/h8,10-11H,3-7H2,1-2H3,(H,16,20)(H,18,19). The lowest BCUT2D eigenvalue weighted by atomic mass is 9.95. The minimum absolute atomic E-state index is 0.0550. The summed E-state index contributed by atoms with van der Waals surface area (Å²) in [6.45, 7) is 5.04. The van der Waals surface area contributed by atoms with Crippen LogP contribution >= 0.6 is 11.3 Å². The highest BCUT2D eigenvalue weighted by atomic mass is 32.1. The number of hydrogen-bond donors (Lipinski definition) is 2. The molecule has 2 amide bonds. The van der Waals surface area contributed by atoms with Crippen LogP contribution in [-0.4, -0.2) is 40.1 Å². The van der Waals surface area contributed by atoms with Gasteiger partial charge in [-0.05, 0) is 32.6 Å². The lowest BCUT2D eigenvalue weighted by molar-refractivity contribution is -0.138. The SMILES string of the molecule is Cc1csc(C(C)NC(=O)N2CCCC(CC(=O)O)C2)n1. The molecule has 1 aliphatic rings. The quantitative estimate of drug-likeness (QED) is 0.894. The predicted molar refractivity (Wildman–Crippen MR) is 80.3 cm³/mol. The largest absolute Gasteiger partial charge is 0.481 e. The third-order valence-electron chi connectivity index (χ3n) is 3.62. The molecule has 0 aromatic carbocycles. The van der Waals surface area contributed by atoms with Gasteiger partial charge in [-0.15, -0.1) is 11.3 Å². The van der Waals surface area contributed by atoms with Gasteiger partial charge in [-0.2, -0.15) is 0 Å². The topological polar surface area (TPSA) is 82.5 Å². The molecule has 2 heterocycles. The van der Waals surface area contributed by atoms with Crippen molar-refractivity contribution in [1.82, 2.24) is 15.2 Å².